The van der Waals surface area contributed by atoms with Crippen molar-refractivity contribution in [3.05, 3.63) is 69.6 Å². The van der Waals surface area contributed by atoms with Crippen LogP contribution in [0.1, 0.15) is 140 Å². The SMILES string of the molecule is CNCC[C@]1(C)C(=O)CC[C@@]2(C)[C@H]3[C@H](O)[C@@H]4Cn5cc(Cc6cc(C)cc(C7(O)CCOCC7)c6)c6[nH]cc(c65)CC[C@@](C)(C[C@@H](O)[C@H]5OC5(C)C)C5=C4[C@](C)(CC5=O)[C@@]3(C)CC[C@H]21. The first-order valence-electron chi connectivity index (χ1n) is 24.7. The summed E-state index contributed by atoms with van der Waals surface area (Å²) in [6.07, 6.45) is 10.4. The van der Waals surface area contributed by atoms with E-state index in [4.69, 9.17) is 9.47 Å². The van der Waals surface area contributed by atoms with Gasteiger partial charge in [0.15, 0.2) is 5.78 Å². The fourth-order valence-corrected chi connectivity index (χ4v) is 16.1. The van der Waals surface area contributed by atoms with Gasteiger partial charge < -0.3 is 39.7 Å². The number of hydrogen-bond acceptors (Lipinski definition) is 8. The number of aromatic nitrogens is 2. The number of H-pyrrole nitrogens is 1. The molecule has 0 bridgehead atoms. The highest BCUT2D eigenvalue weighted by atomic mass is 16.6. The van der Waals surface area contributed by atoms with Gasteiger partial charge in [0.05, 0.1) is 34.4 Å². The number of benzene rings is 1. The maximum Gasteiger partial charge on any atom is 0.160 e. The van der Waals surface area contributed by atoms with E-state index in [0.29, 0.717) is 70.5 Å². The number of carbonyl (C=O) groups is 2. The zero-order valence-corrected chi connectivity index (χ0v) is 40.1. The third kappa shape index (κ3) is 6.45. The molecule has 3 aliphatic heterocycles. The van der Waals surface area contributed by atoms with Gasteiger partial charge in [0.2, 0.25) is 0 Å². The molecule has 0 spiro atoms. The van der Waals surface area contributed by atoms with Gasteiger partial charge in [-0.3, -0.25) is 9.59 Å². The number of epoxide rings is 1. The molecule has 10 rings (SSSR count). The molecule has 0 radical (unpaired) electrons. The van der Waals surface area contributed by atoms with Crippen molar-refractivity contribution in [1.82, 2.24) is 14.9 Å². The molecule has 2 aromatic heterocycles. The maximum atomic E-state index is 15.3. The Labute approximate surface area is 380 Å². The van der Waals surface area contributed by atoms with Crippen LogP contribution in [-0.2, 0) is 44.1 Å². The van der Waals surface area contributed by atoms with Gasteiger partial charge >= 0.3 is 0 Å². The van der Waals surface area contributed by atoms with E-state index in [2.05, 4.69) is 87.0 Å². The minimum Gasteiger partial charge on any atom is -0.392 e. The molecule has 11 atom stereocenters. The molecule has 7 aliphatic rings. The summed E-state index contributed by atoms with van der Waals surface area (Å²) < 4.78 is 14.1. The number of aromatic amines is 1. The molecule has 0 amide bonds. The molecule has 64 heavy (non-hydrogen) atoms. The van der Waals surface area contributed by atoms with E-state index in [0.717, 1.165) is 83.1 Å². The monoisotopic (exact) mass is 878 g/mol. The topological polar surface area (TPSA) is 149 Å². The maximum absolute atomic E-state index is 15.3. The number of allylic oxidation sites excluding steroid dienone is 1. The molecule has 0 unspecified atom stereocenters. The van der Waals surface area contributed by atoms with Crippen LogP contribution in [0, 0.1) is 51.8 Å². The van der Waals surface area contributed by atoms with E-state index in [1.54, 1.807) is 0 Å². The van der Waals surface area contributed by atoms with Crippen molar-refractivity contribution < 1.29 is 34.4 Å². The minimum atomic E-state index is -0.913. The second-order valence-corrected chi connectivity index (χ2v) is 23.9. The van der Waals surface area contributed by atoms with Crippen molar-refractivity contribution in [3.63, 3.8) is 0 Å². The number of aliphatic hydroxyl groups excluding tert-OH is 2. The average molecular weight is 878 g/mol. The molecule has 1 aromatic carbocycles. The van der Waals surface area contributed by atoms with Gasteiger partial charge in [0.1, 0.15) is 11.9 Å². The molecular formula is C54H75N3O7. The summed E-state index contributed by atoms with van der Waals surface area (Å²) in [6.45, 7) is 20.1. The lowest BCUT2D eigenvalue weighted by molar-refractivity contribution is -0.222. The van der Waals surface area contributed by atoms with Gasteiger partial charge in [-0.15, -0.1) is 0 Å². The second kappa shape index (κ2) is 14.9. The number of aryl methyl sites for hydroxylation is 2. The van der Waals surface area contributed by atoms with Crippen LogP contribution < -0.4 is 5.32 Å². The van der Waals surface area contributed by atoms with E-state index in [1.165, 1.54) is 5.56 Å². The Balaban J connectivity index is 1.12. The number of fused-ring (bicyclic) bond motifs is 4. The zero-order valence-electron chi connectivity index (χ0n) is 40.1. The molecule has 3 aromatic rings. The van der Waals surface area contributed by atoms with E-state index in [1.807, 2.05) is 20.9 Å². The standard InChI is InChI=1S/C54H75N3O7/c1-31-22-32(25-35(23-31)54(62)17-20-63-21-18-54)24-34-29-57-30-36-41-42(49(4,26-38(59)47-48(2,3)64-47)13-10-33-28-56-43(34)44(33)57)37(58)27-53(41,8)52(7)15-11-39-50(5,16-19-55-9)40(60)12-14-51(39,6)46(52)45(36)61/h22-23,25,28-29,36,38-39,45-47,55-56,59,61-62H,10-21,24,26-27,30H2,1-9H3/t36-,38-,39+,45-,46-,47-,49+,50+,51-,52+,53+/m1/s1. The molecule has 5 N–H and O–H groups in total. The number of nitrogens with zero attached hydrogens (tertiary/aromatic N) is 1. The van der Waals surface area contributed by atoms with E-state index in [9.17, 15) is 20.1 Å². The summed E-state index contributed by atoms with van der Waals surface area (Å²) >= 11 is 0. The van der Waals surface area contributed by atoms with Crippen LogP contribution in [0.2, 0.25) is 0 Å². The van der Waals surface area contributed by atoms with Crippen LogP contribution in [-0.4, -0.2) is 87.2 Å². The summed E-state index contributed by atoms with van der Waals surface area (Å²) in [6, 6.07) is 6.53. The van der Waals surface area contributed by atoms with Crippen molar-refractivity contribution in [2.45, 2.75) is 168 Å². The smallest absolute Gasteiger partial charge is 0.160 e. The highest BCUT2D eigenvalue weighted by Crippen LogP contribution is 2.76. The predicted molar refractivity (Wildman–Crippen MR) is 248 cm³/mol. The molecule has 10 nitrogen and oxygen atoms in total. The average Bonchev–Trinajstić information content (AvgIpc) is 3.47. The van der Waals surface area contributed by atoms with Crippen LogP contribution in [0.15, 0.2) is 41.7 Å². The first-order valence-corrected chi connectivity index (χ1v) is 24.7. The Kier molecular flexibility index (Phi) is 10.4. The summed E-state index contributed by atoms with van der Waals surface area (Å²) in [5.41, 5.74) is 6.02. The van der Waals surface area contributed by atoms with Gasteiger partial charge in [-0.2, -0.15) is 0 Å². The number of carbonyl (C=O) groups excluding carboxylic acids is 2. The molecule has 10 heteroatoms. The molecule has 3 saturated carbocycles. The number of hydrogen-bond donors (Lipinski definition) is 5. The lowest BCUT2D eigenvalue weighted by Gasteiger charge is -2.70. The van der Waals surface area contributed by atoms with E-state index in [-0.39, 0.29) is 35.1 Å². The van der Waals surface area contributed by atoms with Gasteiger partial charge in [0.25, 0.3) is 0 Å². The first kappa shape index (κ1) is 44.7. The molecule has 2 saturated heterocycles. The highest BCUT2D eigenvalue weighted by molar-refractivity contribution is 6.02. The lowest BCUT2D eigenvalue weighted by atomic mass is 9.34. The van der Waals surface area contributed by atoms with Crippen molar-refractivity contribution in [3.8, 4) is 0 Å². The number of aliphatic hydroxyl groups is 3. The number of rotatable bonds is 9. The molecule has 5 fully saturated rings. The predicted octanol–water partition coefficient (Wildman–Crippen LogP) is 8.03. The van der Waals surface area contributed by atoms with Gasteiger partial charge in [0, 0.05) is 86.6 Å². The van der Waals surface area contributed by atoms with E-state index >= 15 is 4.79 Å². The Morgan fingerprint density at radius 2 is 1.72 bits per heavy atom. The van der Waals surface area contributed by atoms with Crippen LogP contribution in [0.25, 0.3) is 11.0 Å². The fraction of sp³-hybridized carbons (Fsp3) is 0.704. The summed E-state index contributed by atoms with van der Waals surface area (Å²) in [4.78, 5) is 33.1. The quantitative estimate of drug-likeness (QED) is 0.136. The van der Waals surface area contributed by atoms with Crippen molar-refractivity contribution in [1.29, 1.82) is 0 Å². The third-order valence-electron chi connectivity index (χ3n) is 19.6. The van der Waals surface area contributed by atoms with Crippen LogP contribution >= 0.6 is 0 Å². The number of Topliss-reactive ketones (excluding diaryl/α,β-unsaturated/α-hetero) is 2. The molecule has 5 heterocycles. The van der Waals surface area contributed by atoms with Crippen LogP contribution in [0.4, 0.5) is 0 Å². The highest BCUT2D eigenvalue weighted by Gasteiger charge is 2.73. The molecule has 4 aliphatic carbocycles. The van der Waals surface area contributed by atoms with Gasteiger partial charge in [-0.25, -0.2) is 0 Å². The molecule has 348 valence electrons. The largest absolute Gasteiger partial charge is 0.392 e. The van der Waals surface area contributed by atoms with Gasteiger partial charge in [-0.05, 0) is 135 Å². The van der Waals surface area contributed by atoms with Crippen LogP contribution in [0.3, 0.4) is 0 Å². The normalized spacial score (nSPS) is 39.3. The Bertz CT molecular complexity index is 2420. The van der Waals surface area contributed by atoms with Crippen molar-refractivity contribution in [2.24, 2.45) is 44.8 Å². The molecular weight excluding hydrogens is 803 g/mol. The third-order valence-corrected chi connectivity index (χ3v) is 19.6. The second-order valence-electron chi connectivity index (χ2n) is 23.9. The Hall–Kier alpha value is -3.12. The summed E-state index contributed by atoms with van der Waals surface area (Å²) in [5, 5.41) is 40.7. The van der Waals surface area contributed by atoms with Crippen LogP contribution in [0.5, 0.6) is 0 Å². The summed E-state index contributed by atoms with van der Waals surface area (Å²) in [7, 11) is 1.96. The fourth-order valence-electron chi connectivity index (χ4n) is 16.1. The minimum absolute atomic E-state index is 0.120. The number of nitrogens with one attached hydrogen (secondary N) is 2. The Morgan fingerprint density at radius 1 is 0.984 bits per heavy atom. The van der Waals surface area contributed by atoms with Crippen molar-refractivity contribution >= 4 is 22.6 Å². The number of ether oxygens (including phenoxy) is 2. The lowest BCUT2D eigenvalue weighted by Crippen LogP contribution is -2.68. The number of ketones is 2. The Morgan fingerprint density at radius 3 is 2.42 bits per heavy atom. The van der Waals surface area contributed by atoms with Crippen molar-refractivity contribution in [2.75, 3.05) is 26.8 Å². The van der Waals surface area contributed by atoms with Gasteiger partial charge in [-0.1, -0.05) is 58.4 Å². The summed E-state index contributed by atoms with van der Waals surface area (Å²) in [5.74, 6) is 0.148. The zero-order chi connectivity index (χ0) is 45.6. The van der Waals surface area contributed by atoms with E-state index < -0.39 is 45.1 Å². The first-order chi connectivity index (χ1) is 30.1.